The van der Waals surface area contributed by atoms with E-state index in [0.29, 0.717) is 17.5 Å². The van der Waals surface area contributed by atoms with E-state index in [1.807, 2.05) is 0 Å². The molecule has 0 aliphatic heterocycles. The summed E-state index contributed by atoms with van der Waals surface area (Å²) in [4.78, 5) is 12.3. The normalized spacial score (nSPS) is 22.1. The molecule has 92 valence electrons. The van der Waals surface area contributed by atoms with Crippen LogP contribution in [0.5, 0.6) is 0 Å². The van der Waals surface area contributed by atoms with Gasteiger partial charge in [-0.3, -0.25) is 4.79 Å². The average Bonchev–Trinajstić information content (AvgIpc) is 2.15. The molecule has 0 saturated carbocycles. The van der Waals surface area contributed by atoms with Crippen molar-refractivity contribution in [1.82, 2.24) is 0 Å². The van der Waals surface area contributed by atoms with Gasteiger partial charge in [-0.05, 0) is 43.4 Å². The largest absolute Gasteiger partial charge is 0.294 e. The molecule has 1 atom stereocenters. The number of carbonyl (C=O) groups is 1. The van der Waals surface area contributed by atoms with Crippen LogP contribution in [0.15, 0.2) is 11.1 Å². The lowest BCUT2D eigenvalue weighted by Gasteiger charge is -2.34. The molecule has 0 saturated heterocycles. The van der Waals surface area contributed by atoms with Crippen LogP contribution in [-0.2, 0) is 4.79 Å². The van der Waals surface area contributed by atoms with Gasteiger partial charge < -0.3 is 0 Å². The van der Waals surface area contributed by atoms with E-state index in [2.05, 4.69) is 34.0 Å². The predicted molar refractivity (Wildman–Crippen MR) is 72.9 cm³/mol. The van der Waals surface area contributed by atoms with E-state index in [4.69, 9.17) is 0 Å². The number of allylic oxidation sites excluding steroid dienone is 2. The molecule has 1 unspecified atom stereocenters. The molecule has 1 nitrogen and oxygen atoms in total. The Balaban J connectivity index is 2.87. The Morgan fingerprint density at radius 1 is 1.50 bits per heavy atom. The molecule has 0 aromatic rings. The molecular weight excluding hydrogens is 216 g/mol. The number of Topliss-reactive ketones (excluding diaryl/α,β-unsaturated/α-hetero) is 1. The van der Waals surface area contributed by atoms with Gasteiger partial charge in [0.1, 0.15) is 0 Å². The van der Waals surface area contributed by atoms with E-state index < -0.39 is 0 Å². The van der Waals surface area contributed by atoms with Crippen molar-refractivity contribution < 1.29 is 4.79 Å². The van der Waals surface area contributed by atoms with E-state index in [-0.39, 0.29) is 5.41 Å². The summed E-state index contributed by atoms with van der Waals surface area (Å²) in [7, 11) is 0. The van der Waals surface area contributed by atoms with Crippen LogP contribution < -0.4 is 0 Å². The van der Waals surface area contributed by atoms with Crippen LogP contribution in [0, 0.1) is 5.41 Å². The second kappa shape index (κ2) is 5.39. The lowest BCUT2D eigenvalue weighted by Crippen LogP contribution is -2.27. The van der Waals surface area contributed by atoms with E-state index in [1.165, 1.54) is 12.0 Å². The molecule has 0 aromatic heterocycles. The van der Waals surface area contributed by atoms with Crippen LogP contribution in [0.1, 0.15) is 53.4 Å². The topological polar surface area (TPSA) is 17.1 Å². The number of hydrogen-bond acceptors (Lipinski definition) is 2. The molecule has 0 spiro atoms. The Bertz CT molecular complexity index is 302. The number of thioether (sulfide) groups is 1. The molecule has 0 bridgehead atoms. The van der Waals surface area contributed by atoms with Crippen LogP contribution in [0.25, 0.3) is 0 Å². The van der Waals surface area contributed by atoms with Crippen molar-refractivity contribution in [2.24, 2.45) is 5.41 Å². The zero-order chi connectivity index (χ0) is 12.3. The van der Waals surface area contributed by atoms with Crippen molar-refractivity contribution in [3.8, 4) is 0 Å². The molecule has 0 heterocycles. The first-order valence-electron chi connectivity index (χ1n) is 6.14. The number of hydrogen-bond donors (Lipinski definition) is 0. The quantitative estimate of drug-likeness (QED) is 0.731. The summed E-state index contributed by atoms with van der Waals surface area (Å²) in [5.74, 6) is 0.379. The van der Waals surface area contributed by atoms with Gasteiger partial charge in [0.05, 0.1) is 0 Å². The SMILES string of the molecule is CSC(C)CC(=O)C1=C(C)CCCC1(C)C. The van der Waals surface area contributed by atoms with E-state index in [0.717, 1.165) is 18.4 Å². The van der Waals surface area contributed by atoms with Gasteiger partial charge in [-0.1, -0.05) is 26.3 Å². The lowest BCUT2D eigenvalue weighted by atomic mass is 9.70. The summed E-state index contributed by atoms with van der Waals surface area (Å²) in [6, 6.07) is 0. The van der Waals surface area contributed by atoms with Crippen LogP contribution in [0.2, 0.25) is 0 Å². The van der Waals surface area contributed by atoms with Gasteiger partial charge in [0.15, 0.2) is 5.78 Å². The second-order valence-electron chi connectivity index (χ2n) is 5.57. The van der Waals surface area contributed by atoms with Crippen molar-refractivity contribution in [2.75, 3.05) is 6.26 Å². The van der Waals surface area contributed by atoms with Crippen molar-refractivity contribution >= 4 is 17.5 Å². The molecule has 0 fully saturated rings. The van der Waals surface area contributed by atoms with Gasteiger partial charge in [0.25, 0.3) is 0 Å². The van der Waals surface area contributed by atoms with Crippen molar-refractivity contribution in [2.45, 2.75) is 58.6 Å². The van der Waals surface area contributed by atoms with Crippen molar-refractivity contribution in [3.05, 3.63) is 11.1 Å². The lowest BCUT2D eigenvalue weighted by molar-refractivity contribution is -0.116. The standard InChI is InChI=1S/C14H24OS/c1-10-7-6-8-14(3,4)13(10)12(15)9-11(2)16-5/h11H,6-9H2,1-5H3. The third kappa shape index (κ3) is 3.13. The molecule has 0 aromatic carbocycles. The summed E-state index contributed by atoms with van der Waals surface area (Å²) in [6.45, 7) is 8.70. The summed E-state index contributed by atoms with van der Waals surface area (Å²) < 4.78 is 0. The van der Waals surface area contributed by atoms with Crippen molar-refractivity contribution in [3.63, 3.8) is 0 Å². The maximum atomic E-state index is 12.3. The second-order valence-corrected chi connectivity index (χ2v) is 6.84. The van der Waals surface area contributed by atoms with Crippen LogP contribution in [0.3, 0.4) is 0 Å². The van der Waals surface area contributed by atoms with Gasteiger partial charge in [-0.2, -0.15) is 11.8 Å². The summed E-state index contributed by atoms with van der Waals surface area (Å²) in [5, 5.41) is 0.436. The fourth-order valence-electron chi connectivity index (χ4n) is 2.69. The van der Waals surface area contributed by atoms with E-state index in [9.17, 15) is 4.79 Å². The number of carbonyl (C=O) groups excluding carboxylic acids is 1. The first-order valence-corrected chi connectivity index (χ1v) is 7.43. The summed E-state index contributed by atoms with van der Waals surface area (Å²) >= 11 is 1.78. The highest BCUT2D eigenvalue weighted by atomic mass is 32.2. The molecule has 0 radical (unpaired) electrons. The molecular formula is C14H24OS. The molecule has 1 rings (SSSR count). The highest BCUT2D eigenvalue weighted by Crippen LogP contribution is 2.41. The maximum absolute atomic E-state index is 12.3. The Morgan fingerprint density at radius 2 is 2.12 bits per heavy atom. The van der Waals surface area contributed by atoms with Gasteiger partial charge in [-0.15, -0.1) is 0 Å². The zero-order valence-electron chi connectivity index (χ0n) is 11.2. The fraction of sp³-hybridized carbons (Fsp3) is 0.786. The maximum Gasteiger partial charge on any atom is 0.160 e. The molecule has 0 N–H and O–H groups in total. The molecule has 16 heavy (non-hydrogen) atoms. The van der Waals surface area contributed by atoms with Crippen LogP contribution in [0.4, 0.5) is 0 Å². The monoisotopic (exact) mass is 240 g/mol. The molecule has 1 aliphatic rings. The van der Waals surface area contributed by atoms with Gasteiger partial charge in [0.2, 0.25) is 0 Å². The van der Waals surface area contributed by atoms with E-state index >= 15 is 0 Å². The average molecular weight is 240 g/mol. The zero-order valence-corrected chi connectivity index (χ0v) is 12.0. The summed E-state index contributed by atoms with van der Waals surface area (Å²) in [6.07, 6.45) is 6.26. The molecule has 2 heteroatoms. The van der Waals surface area contributed by atoms with Gasteiger partial charge >= 0.3 is 0 Å². The molecule has 1 aliphatic carbocycles. The Hall–Kier alpha value is -0.240. The van der Waals surface area contributed by atoms with Crippen LogP contribution in [-0.4, -0.2) is 17.3 Å². The Morgan fingerprint density at radius 3 is 2.62 bits per heavy atom. The number of ketones is 1. The fourth-order valence-corrected chi connectivity index (χ4v) is 3.00. The highest BCUT2D eigenvalue weighted by Gasteiger charge is 2.32. The molecule has 0 amide bonds. The minimum absolute atomic E-state index is 0.0948. The first-order chi connectivity index (χ1) is 7.38. The summed E-state index contributed by atoms with van der Waals surface area (Å²) in [5.41, 5.74) is 2.55. The van der Waals surface area contributed by atoms with Crippen LogP contribution >= 0.6 is 11.8 Å². The first kappa shape index (κ1) is 13.8. The minimum atomic E-state index is 0.0948. The third-order valence-corrected chi connectivity index (χ3v) is 4.58. The van der Waals surface area contributed by atoms with Gasteiger partial charge in [0, 0.05) is 11.7 Å². The minimum Gasteiger partial charge on any atom is -0.294 e. The third-order valence-electron chi connectivity index (χ3n) is 3.61. The van der Waals surface area contributed by atoms with E-state index in [1.54, 1.807) is 11.8 Å². The highest BCUT2D eigenvalue weighted by molar-refractivity contribution is 7.99. The predicted octanol–water partition coefficient (Wildman–Crippen LogP) is 4.22. The number of rotatable bonds is 4. The smallest absolute Gasteiger partial charge is 0.160 e. The Kier molecular flexibility index (Phi) is 4.66. The van der Waals surface area contributed by atoms with Gasteiger partial charge in [-0.25, -0.2) is 0 Å². The van der Waals surface area contributed by atoms with Crippen molar-refractivity contribution in [1.29, 1.82) is 0 Å². The Labute approximate surface area is 104 Å².